The lowest BCUT2D eigenvalue weighted by Gasteiger charge is -2.04. The summed E-state index contributed by atoms with van der Waals surface area (Å²) in [6, 6.07) is 4.31. The van der Waals surface area contributed by atoms with E-state index < -0.39 is 11.7 Å². The van der Waals surface area contributed by atoms with Gasteiger partial charge in [-0.05, 0) is 25.1 Å². The molecule has 0 radical (unpaired) electrons. The molecule has 2 N–H and O–H groups in total. The van der Waals surface area contributed by atoms with Crippen LogP contribution in [-0.2, 0) is 0 Å². The Morgan fingerprint density at radius 3 is 3.00 bits per heavy atom. The summed E-state index contributed by atoms with van der Waals surface area (Å²) in [4.78, 5) is 11.9. The Morgan fingerprint density at radius 1 is 1.47 bits per heavy atom. The minimum atomic E-state index is -0.507. The quantitative estimate of drug-likeness (QED) is 0.894. The normalized spacial score (nSPS) is 10.3. The number of amides is 1. The average molecular weight is 345 g/mol. The summed E-state index contributed by atoms with van der Waals surface area (Å²) >= 11 is 4.33. The van der Waals surface area contributed by atoms with Crippen LogP contribution in [-0.4, -0.2) is 22.6 Å². The van der Waals surface area contributed by atoms with Crippen molar-refractivity contribution in [3.8, 4) is 0 Å². The number of aromatic nitrogens is 2. The van der Waals surface area contributed by atoms with Gasteiger partial charge in [-0.2, -0.15) is 0 Å². The number of rotatable bonds is 4. The van der Waals surface area contributed by atoms with Crippen LogP contribution >= 0.6 is 27.3 Å². The van der Waals surface area contributed by atoms with Crippen molar-refractivity contribution in [2.75, 3.05) is 17.2 Å². The van der Waals surface area contributed by atoms with Crippen LogP contribution in [0.4, 0.5) is 15.2 Å². The van der Waals surface area contributed by atoms with Crippen molar-refractivity contribution in [2.45, 2.75) is 6.92 Å². The summed E-state index contributed by atoms with van der Waals surface area (Å²) in [7, 11) is 0. The zero-order chi connectivity index (χ0) is 13.8. The molecule has 19 heavy (non-hydrogen) atoms. The Labute approximate surface area is 121 Å². The summed E-state index contributed by atoms with van der Waals surface area (Å²) in [5, 5.41) is 13.7. The first-order valence-corrected chi connectivity index (χ1v) is 7.05. The van der Waals surface area contributed by atoms with Crippen molar-refractivity contribution >= 4 is 44.0 Å². The highest BCUT2D eigenvalue weighted by Gasteiger charge is 2.14. The fourth-order valence-electron chi connectivity index (χ4n) is 1.31. The molecule has 0 saturated carbocycles. The van der Waals surface area contributed by atoms with Crippen molar-refractivity contribution < 1.29 is 9.18 Å². The Balaban J connectivity index is 2.13. The fraction of sp³-hybridized carbons (Fsp3) is 0.182. The molecule has 0 aliphatic rings. The van der Waals surface area contributed by atoms with Crippen molar-refractivity contribution in [1.82, 2.24) is 10.2 Å². The molecule has 0 atom stereocenters. The summed E-state index contributed by atoms with van der Waals surface area (Å²) in [5.41, 5.74) is 0.0968. The number of benzene rings is 1. The van der Waals surface area contributed by atoms with Crippen LogP contribution in [0.5, 0.6) is 0 Å². The number of carbonyl (C=O) groups is 1. The first kappa shape index (κ1) is 13.9. The lowest BCUT2D eigenvalue weighted by molar-refractivity contribution is 0.102. The second kappa shape index (κ2) is 6.07. The number of nitrogens with zero attached hydrogens (tertiary/aromatic N) is 2. The predicted octanol–water partition coefficient (Wildman–Crippen LogP) is 3.12. The van der Waals surface area contributed by atoms with E-state index in [1.54, 1.807) is 6.07 Å². The third-order valence-electron chi connectivity index (χ3n) is 2.12. The monoisotopic (exact) mass is 344 g/mol. The molecule has 0 aliphatic carbocycles. The van der Waals surface area contributed by atoms with Crippen LogP contribution in [0.15, 0.2) is 22.7 Å². The molecule has 2 aromatic rings. The van der Waals surface area contributed by atoms with Crippen molar-refractivity contribution in [1.29, 1.82) is 0 Å². The number of nitrogens with one attached hydrogen (secondary N) is 2. The molecular weight excluding hydrogens is 335 g/mol. The Morgan fingerprint density at radius 2 is 2.26 bits per heavy atom. The molecule has 1 aromatic carbocycles. The molecule has 0 aliphatic heterocycles. The number of anilines is 2. The molecule has 8 heteroatoms. The van der Waals surface area contributed by atoms with Crippen LogP contribution in [0.1, 0.15) is 16.7 Å². The van der Waals surface area contributed by atoms with E-state index in [2.05, 4.69) is 36.8 Å². The Kier molecular flexibility index (Phi) is 4.43. The molecule has 1 aromatic heterocycles. The molecule has 0 unspecified atom stereocenters. The number of halogens is 2. The van der Waals surface area contributed by atoms with Crippen molar-refractivity contribution in [3.63, 3.8) is 0 Å². The highest BCUT2D eigenvalue weighted by Crippen LogP contribution is 2.22. The van der Waals surface area contributed by atoms with E-state index >= 15 is 0 Å². The second-order valence-electron chi connectivity index (χ2n) is 3.52. The van der Waals surface area contributed by atoms with Gasteiger partial charge in [0.1, 0.15) is 5.82 Å². The summed E-state index contributed by atoms with van der Waals surface area (Å²) in [6.45, 7) is 2.61. The molecule has 0 fully saturated rings. The molecule has 2 rings (SSSR count). The maximum absolute atomic E-state index is 13.5. The largest absolute Gasteiger partial charge is 0.360 e. The maximum atomic E-state index is 13.5. The van der Waals surface area contributed by atoms with Crippen molar-refractivity contribution in [3.05, 3.63) is 33.5 Å². The van der Waals surface area contributed by atoms with Gasteiger partial charge >= 0.3 is 0 Å². The zero-order valence-electron chi connectivity index (χ0n) is 9.91. The van der Waals surface area contributed by atoms with Gasteiger partial charge in [0, 0.05) is 11.0 Å². The van der Waals surface area contributed by atoms with Crippen LogP contribution in [0, 0.1) is 5.82 Å². The standard InChI is InChI=1S/C11H10BrFN4OS/c1-2-14-11-17-16-10(19-11)9(18)15-8-5-6(12)3-4-7(8)13/h3-5H,2H2,1H3,(H,14,17)(H,15,18). The van der Waals surface area contributed by atoms with Crippen LogP contribution in [0.2, 0.25) is 0 Å². The fourth-order valence-corrected chi connectivity index (χ4v) is 2.37. The second-order valence-corrected chi connectivity index (χ2v) is 5.41. The molecule has 100 valence electrons. The Hall–Kier alpha value is -1.54. The van der Waals surface area contributed by atoms with Gasteiger partial charge in [-0.3, -0.25) is 4.79 Å². The van der Waals surface area contributed by atoms with Gasteiger partial charge in [0.2, 0.25) is 10.1 Å². The number of carbonyl (C=O) groups excluding carboxylic acids is 1. The summed E-state index contributed by atoms with van der Waals surface area (Å²) in [5.74, 6) is -0.994. The minimum Gasteiger partial charge on any atom is -0.360 e. The Bertz CT molecular complexity index is 604. The van der Waals surface area contributed by atoms with E-state index in [-0.39, 0.29) is 10.7 Å². The predicted molar refractivity (Wildman–Crippen MR) is 76.1 cm³/mol. The first-order valence-electron chi connectivity index (χ1n) is 5.44. The van der Waals surface area contributed by atoms with Gasteiger partial charge in [-0.25, -0.2) is 4.39 Å². The van der Waals surface area contributed by atoms with Crippen LogP contribution in [0.25, 0.3) is 0 Å². The van der Waals surface area contributed by atoms with Gasteiger partial charge in [-0.15, -0.1) is 10.2 Å². The SMILES string of the molecule is CCNc1nnc(C(=O)Nc2cc(Br)ccc2F)s1. The minimum absolute atomic E-state index is 0.0968. The van der Waals surface area contributed by atoms with E-state index in [0.29, 0.717) is 16.1 Å². The third kappa shape index (κ3) is 3.48. The van der Waals surface area contributed by atoms with Gasteiger partial charge in [-0.1, -0.05) is 27.3 Å². The maximum Gasteiger partial charge on any atom is 0.286 e. The van der Waals surface area contributed by atoms with Crippen molar-refractivity contribution in [2.24, 2.45) is 0 Å². The van der Waals surface area contributed by atoms with E-state index in [4.69, 9.17) is 0 Å². The van der Waals surface area contributed by atoms with E-state index in [1.807, 2.05) is 6.92 Å². The number of hydrogen-bond donors (Lipinski definition) is 2. The smallest absolute Gasteiger partial charge is 0.286 e. The van der Waals surface area contributed by atoms with Gasteiger partial charge < -0.3 is 10.6 Å². The van der Waals surface area contributed by atoms with E-state index in [9.17, 15) is 9.18 Å². The van der Waals surface area contributed by atoms with Crippen LogP contribution < -0.4 is 10.6 Å². The molecule has 5 nitrogen and oxygen atoms in total. The first-order chi connectivity index (χ1) is 9.10. The molecule has 1 amide bonds. The molecule has 0 bridgehead atoms. The summed E-state index contributed by atoms with van der Waals surface area (Å²) < 4.78 is 14.2. The average Bonchev–Trinajstić information content (AvgIpc) is 2.83. The number of hydrogen-bond acceptors (Lipinski definition) is 5. The molecule has 1 heterocycles. The lowest BCUT2D eigenvalue weighted by Crippen LogP contribution is -2.12. The zero-order valence-corrected chi connectivity index (χ0v) is 12.3. The summed E-state index contributed by atoms with van der Waals surface area (Å²) in [6.07, 6.45) is 0. The van der Waals surface area contributed by atoms with Gasteiger partial charge in [0.15, 0.2) is 0 Å². The van der Waals surface area contributed by atoms with Gasteiger partial charge in [0.05, 0.1) is 5.69 Å². The molecular formula is C11H10BrFN4OS. The highest BCUT2D eigenvalue weighted by atomic mass is 79.9. The highest BCUT2D eigenvalue weighted by molar-refractivity contribution is 9.10. The van der Waals surface area contributed by atoms with Gasteiger partial charge in [0.25, 0.3) is 5.91 Å². The molecule has 0 saturated heterocycles. The molecule has 0 spiro atoms. The topological polar surface area (TPSA) is 66.9 Å². The lowest BCUT2D eigenvalue weighted by atomic mass is 10.3. The van der Waals surface area contributed by atoms with Crippen LogP contribution in [0.3, 0.4) is 0 Å². The third-order valence-corrected chi connectivity index (χ3v) is 3.50. The van der Waals surface area contributed by atoms with E-state index in [0.717, 1.165) is 11.3 Å². The van der Waals surface area contributed by atoms with E-state index in [1.165, 1.54) is 12.1 Å².